The molecule has 2 aromatic heterocycles. The highest BCUT2D eigenvalue weighted by Gasteiger charge is 2.10. The Morgan fingerprint density at radius 3 is 2.59 bits per heavy atom. The summed E-state index contributed by atoms with van der Waals surface area (Å²) in [6, 6.07) is 5.28. The number of nitrogens with one attached hydrogen (secondary N) is 2. The van der Waals surface area contributed by atoms with Gasteiger partial charge in [0.25, 0.3) is 0 Å². The molecule has 1 amide bonds. The van der Waals surface area contributed by atoms with Crippen LogP contribution in [0.25, 0.3) is 0 Å². The number of hydrogen-bond donors (Lipinski definition) is 3. The van der Waals surface area contributed by atoms with Crippen molar-refractivity contribution in [3.8, 4) is 0 Å². The van der Waals surface area contributed by atoms with Gasteiger partial charge in [0.1, 0.15) is 11.6 Å². The first-order valence-electron chi connectivity index (χ1n) is 7.69. The Balaban J connectivity index is 1.72. The fraction of sp³-hybridized carbons (Fsp3) is 0.125. The molecular formula is C16H14Cl3N7O. The monoisotopic (exact) mass is 425 g/mol. The van der Waals surface area contributed by atoms with Crippen molar-refractivity contribution in [2.75, 3.05) is 10.6 Å². The average molecular weight is 427 g/mol. The zero-order valence-corrected chi connectivity index (χ0v) is 16.1. The van der Waals surface area contributed by atoms with E-state index in [-0.39, 0.29) is 6.54 Å². The van der Waals surface area contributed by atoms with Gasteiger partial charge >= 0.3 is 0 Å². The van der Waals surface area contributed by atoms with Gasteiger partial charge in [-0.15, -0.1) is 0 Å². The summed E-state index contributed by atoms with van der Waals surface area (Å²) in [6.45, 7) is 0.319. The lowest BCUT2D eigenvalue weighted by molar-refractivity contribution is -0.118. The van der Waals surface area contributed by atoms with Gasteiger partial charge in [-0.3, -0.25) is 9.48 Å². The molecule has 0 atom stereocenters. The van der Waals surface area contributed by atoms with Crippen molar-refractivity contribution in [1.82, 2.24) is 19.7 Å². The summed E-state index contributed by atoms with van der Waals surface area (Å²) >= 11 is 18.5. The highest BCUT2D eigenvalue weighted by Crippen LogP contribution is 2.27. The van der Waals surface area contributed by atoms with E-state index in [0.29, 0.717) is 39.1 Å². The molecule has 0 saturated heterocycles. The van der Waals surface area contributed by atoms with E-state index in [1.165, 1.54) is 17.1 Å². The van der Waals surface area contributed by atoms with Gasteiger partial charge in [0.05, 0.1) is 18.1 Å². The molecule has 0 radical (unpaired) electrons. The third-order valence-electron chi connectivity index (χ3n) is 3.45. The van der Waals surface area contributed by atoms with E-state index in [9.17, 15) is 4.79 Å². The number of benzene rings is 1. The maximum atomic E-state index is 10.9. The van der Waals surface area contributed by atoms with Gasteiger partial charge in [-0.1, -0.05) is 40.9 Å². The normalized spacial score (nSPS) is 10.6. The molecule has 11 heteroatoms. The lowest BCUT2D eigenvalue weighted by atomic mass is 10.2. The van der Waals surface area contributed by atoms with Gasteiger partial charge in [0.15, 0.2) is 5.82 Å². The second kappa shape index (κ2) is 8.43. The van der Waals surface area contributed by atoms with E-state index in [0.717, 1.165) is 5.56 Å². The van der Waals surface area contributed by atoms with Crippen LogP contribution in [0.3, 0.4) is 0 Å². The predicted octanol–water partition coefficient (Wildman–Crippen LogP) is 3.47. The number of carbonyl (C=O) groups excluding carboxylic acids is 1. The molecule has 1 aromatic carbocycles. The van der Waals surface area contributed by atoms with Crippen LogP contribution in [-0.4, -0.2) is 25.7 Å². The van der Waals surface area contributed by atoms with E-state index in [1.54, 1.807) is 24.4 Å². The fourth-order valence-corrected chi connectivity index (χ4v) is 2.92. The molecule has 0 aliphatic rings. The van der Waals surface area contributed by atoms with Crippen molar-refractivity contribution in [1.29, 1.82) is 0 Å². The van der Waals surface area contributed by atoms with Crippen LogP contribution in [0.1, 0.15) is 5.56 Å². The molecule has 0 unspecified atom stereocenters. The summed E-state index contributed by atoms with van der Waals surface area (Å²) in [7, 11) is 0. The smallest absolute Gasteiger partial charge is 0.239 e. The van der Waals surface area contributed by atoms with Gasteiger partial charge in [0, 0.05) is 28.4 Å². The number of carbonyl (C=O) groups is 1. The Kier molecular flexibility index (Phi) is 6.00. The third kappa shape index (κ3) is 5.00. The molecule has 0 bridgehead atoms. The van der Waals surface area contributed by atoms with Crippen molar-refractivity contribution in [3.63, 3.8) is 0 Å². The van der Waals surface area contributed by atoms with Crippen LogP contribution in [-0.2, 0) is 17.9 Å². The molecule has 0 saturated carbocycles. The SMILES string of the molecule is NC(=O)Cn1cc(Nc2ncc(Cl)c(NCc3c(Cl)cccc3Cl)n2)cn1. The lowest BCUT2D eigenvalue weighted by Crippen LogP contribution is -2.18. The van der Waals surface area contributed by atoms with Crippen LogP contribution < -0.4 is 16.4 Å². The Morgan fingerprint density at radius 2 is 1.89 bits per heavy atom. The standard InChI is InChI=1S/C16H14Cl3N7O/c17-11-2-1-3-12(18)10(11)5-21-15-13(19)6-22-16(25-15)24-9-4-23-26(7-9)8-14(20)27/h1-4,6-7H,5,8H2,(H2,20,27)(H2,21,22,24,25). The highest BCUT2D eigenvalue weighted by molar-refractivity contribution is 6.36. The van der Waals surface area contributed by atoms with E-state index < -0.39 is 5.91 Å². The van der Waals surface area contributed by atoms with E-state index in [4.69, 9.17) is 40.5 Å². The van der Waals surface area contributed by atoms with Crippen molar-refractivity contribution in [2.45, 2.75) is 13.1 Å². The lowest BCUT2D eigenvalue weighted by Gasteiger charge is -2.11. The molecule has 0 aliphatic heterocycles. The summed E-state index contributed by atoms with van der Waals surface area (Å²) in [6.07, 6.45) is 4.60. The molecule has 2 heterocycles. The zero-order chi connectivity index (χ0) is 19.4. The van der Waals surface area contributed by atoms with Gasteiger partial charge in [-0.25, -0.2) is 4.98 Å². The summed E-state index contributed by atoms with van der Waals surface area (Å²) in [5.74, 6) is 0.220. The number of primary amides is 1. The summed E-state index contributed by atoms with van der Waals surface area (Å²) in [5, 5.41) is 11.5. The van der Waals surface area contributed by atoms with Gasteiger partial charge in [-0.05, 0) is 12.1 Å². The molecule has 0 fully saturated rings. The molecule has 3 aromatic rings. The number of nitrogens with two attached hydrogens (primary N) is 1. The summed E-state index contributed by atoms with van der Waals surface area (Å²) in [4.78, 5) is 19.4. The van der Waals surface area contributed by atoms with Gasteiger partial charge in [-0.2, -0.15) is 10.1 Å². The highest BCUT2D eigenvalue weighted by atomic mass is 35.5. The molecule has 140 valence electrons. The van der Waals surface area contributed by atoms with Gasteiger partial charge < -0.3 is 16.4 Å². The Bertz CT molecular complexity index is 956. The number of rotatable bonds is 7. The quantitative estimate of drug-likeness (QED) is 0.533. The molecule has 8 nitrogen and oxygen atoms in total. The van der Waals surface area contributed by atoms with E-state index in [1.807, 2.05) is 0 Å². The number of anilines is 3. The number of nitrogens with zero attached hydrogens (tertiary/aromatic N) is 4. The van der Waals surface area contributed by atoms with Crippen LogP contribution >= 0.6 is 34.8 Å². The Labute approximate surface area is 169 Å². The maximum Gasteiger partial charge on any atom is 0.239 e. The van der Waals surface area contributed by atoms with E-state index >= 15 is 0 Å². The van der Waals surface area contributed by atoms with Crippen molar-refractivity contribution < 1.29 is 4.79 Å². The molecule has 0 aliphatic carbocycles. The first-order chi connectivity index (χ1) is 12.9. The molecule has 3 rings (SSSR count). The largest absolute Gasteiger partial charge is 0.368 e. The maximum absolute atomic E-state index is 10.9. The average Bonchev–Trinajstić information content (AvgIpc) is 3.03. The molecule has 27 heavy (non-hydrogen) atoms. The van der Waals surface area contributed by atoms with Crippen LogP contribution in [0.2, 0.25) is 15.1 Å². The minimum atomic E-state index is -0.489. The second-order valence-corrected chi connectivity index (χ2v) is 6.68. The molecule has 4 N–H and O–H groups in total. The molecular weight excluding hydrogens is 413 g/mol. The minimum absolute atomic E-state index is 0.0193. The number of halogens is 3. The molecule has 0 spiro atoms. The third-order valence-corrected chi connectivity index (χ3v) is 4.43. The first kappa shape index (κ1) is 19.2. The zero-order valence-electron chi connectivity index (χ0n) is 13.8. The summed E-state index contributed by atoms with van der Waals surface area (Å²) in [5.41, 5.74) is 6.47. The van der Waals surface area contributed by atoms with Crippen LogP contribution in [0.5, 0.6) is 0 Å². The number of hydrogen-bond acceptors (Lipinski definition) is 6. The predicted molar refractivity (Wildman–Crippen MR) is 106 cm³/mol. The van der Waals surface area contributed by atoms with Crippen molar-refractivity contribution in [2.24, 2.45) is 5.73 Å². The Morgan fingerprint density at radius 1 is 1.15 bits per heavy atom. The van der Waals surface area contributed by atoms with Crippen LogP contribution in [0.15, 0.2) is 36.8 Å². The fourth-order valence-electron chi connectivity index (χ4n) is 2.23. The summed E-state index contributed by atoms with van der Waals surface area (Å²) < 4.78 is 1.40. The topological polar surface area (TPSA) is 111 Å². The second-order valence-electron chi connectivity index (χ2n) is 5.46. The van der Waals surface area contributed by atoms with Crippen LogP contribution in [0, 0.1) is 0 Å². The minimum Gasteiger partial charge on any atom is -0.368 e. The van der Waals surface area contributed by atoms with Crippen molar-refractivity contribution >= 4 is 58.2 Å². The number of aromatic nitrogens is 4. The van der Waals surface area contributed by atoms with E-state index in [2.05, 4.69) is 25.7 Å². The van der Waals surface area contributed by atoms with Gasteiger partial charge in [0.2, 0.25) is 11.9 Å². The van der Waals surface area contributed by atoms with Crippen molar-refractivity contribution in [3.05, 3.63) is 57.4 Å². The Hall–Kier alpha value is -2.55. The first-order valence-corrected chi connectivity index (χ1v) is 8.83. The van der Waals surface area contributed by atoms with Crippen LogP contribution in [0.4, 0.5) is 17.5 Å². The number of amides is 1.